The van der Waals surface area contributed by atoms with Crippen LogP contribution in [-0.2, 0) is 0 Å². The minimum absolute atomic E-state index is 0.404. The molecule has 1 aliphatic heterocycles. The van der Waals surface area contributed by atoms with Gasteiger partial charge >= 0.3 is 0 Å². The van der Waals surface area contributed by atoms with Crippen LogP contribution in [0.25, 0.3) is 0 Å². The first-order valence-electron chi connectivity index (χ1n) is 5.09. The van der Waals surface area contributed by atoms with E-state index in [-0.39, 0.29) is 0 Å². The summed E-state index contributed by atoms with van der Waals surface area (Å²) in [7, 11) is 0. The zero-order chi connectivity index (χ0) is 10.7. The van der Waals surface area contributed by atoms with Crippen molar-refractivity contribution in [3.05, 3.63) is 12.1 Å². The molecule has 1 aromatic rings. The van der Waals surface area contributed by atoms with E-state index in [0.717, 1.165) is 18.3 Å². The molecule has 0 bridgehead atoms. The maximum absolute atomic E-state index is 5.62. The number of thioether (sulfide) groups is 1. The third-order valence-electron chi connectivity index (χ3n) is 2.55. The Kier molecular flexibility index (Phi) is 3.20. The first-order chi connectivity index (χ1) is 7.25. The van der Waals surface area contributed by atoms with Crippen LogP contribution in [0.15, 0.2) is 12.1 Å². The van der Waals surface area contributed by atoms with E-state index in [1.54, 1.807) is 6.07 Å². The lowest BCUT2D eigenvalue weighted by Crippen LogP contribution is -2.14. The molecule has 1 fully saturated rings. The highest BCUT2D eigenvalue weighted by Gasteiger charge is 2.14. The number of nitrogen functional groups attached to an aromatic ring is 2. The van der Waals surface area contributed by atoms with Crippen molar-refractivity contribution in [3.8, 4) is 0 Å². The minimum atomic E-state index is 0.404. The van der Waals surface area contributed by atoms with E-state index in [2.05, 4.69) is 10.3 Å². The van der Waals surface area contributed by atoms with Crippen LogP contribution in [0.5, 0.6) is 0 Å². The molecule has 1 unspecified atom stereocenters. The molecule has 1 aliphatic rings. The summed E-state index contributed by atoms with van der Waals surface area (Å²) in [5, 5.41) is 3.29. The molecule has 1 atom stereocenters. The number of rotatable bonds is 3. The second-order valence-corrected chi connectivity index (χ2v) is 4.93. The molecule has 0 amide bonds. The van der Waals surface area contributed by atoms with Gasteiger partial charge in [-0.15, -0.1) is 0 Å². The molecule has 5 N–H and O–H groups in total. The topological polar surface area (TPSA) is 77.0 Å². The number of nitrogens with two attached hydrogens (primary N) is 2. The van der Waals surface area contributed by atoms with Crippen LogP contribution in [0.4, 0.5) is 17.3 Å². The number of aromatic nitrogens is 1. The third-order valence-corrected chi connectivity index (χ3v) is 3.78. The summed E-state index contributed by atoms with van der Waals surface area (Å²) in [4.78, 5) is 4.17. The molecule has 0 spiro atoms. The van der Waals surface area contributed by atoms with Crippen LogP contribution in [-0.4, -0.2) is 23.0 Å². The molecule has 0 aliphatic carbocycles. The summed E-state index contributed by atoms with van der Waals surface area (Å²) in [6.45, 7) is 0.976. The number of hydrogen-bond donors (Lipinski definition) is 3. The molecular formula is C10H16N4S. The van der Waals surface area contributed by atoms with Crippen LogP contribution in [0, 0.1) is 5.92 Å². The van der Waals surface area contributed by atoms with E-state index in [9.17, 15) is 0 Å². The number of nitrogens with one attached hydrogen (secondary N) is 1. The molecule has 5 heteroatoms. The lowest BCUT2D eigenvalue weighted by Gasteiger charge is -2.11. The van der Waals surface area contributed by atoms with Crippen LogP contribution in [0.2, 0.25) is 0 Å². The van der Waals surface area contributed by atoms with Gasteiger partial charge in [-0.05, 0) is 36.0 Å². The number of anilines is 3. The smallest absolute Gasteiger partial charge is 0.149 e. The molecule has 1 aromatic heterocycles. The van der Waals surface area contributed by atoms with Crippen molar-refractivity contribution < 1.29 is 0 Å². The van der Waals surface area contributed by atoms with Gasteiger partial charge in [-0.25, -0.2) is 4.98 Å². The molecule has 0 aromatic carbocycles. The van der Waals surface area contributed by atoms with Gasteiger partial charge in [0.1, 0.15) is 11.6 Å². The molecule has 1 saturated heterocycles. The van der Waals surface area contributed by atoms with E-state index in [4.69, 9.17) is 11.5 Å². The molecule has 15 heavy (non-hydrogen) atoms. The van der Waals surface area contributed by atoms with E-state index in [1.807, 2.05) is 17.8 Å². The molecular weight excluding hydrogens is 208 g/mol. The fourth-order valence-corrected chi connectivity index (χ4v) is 2.86. The van der Waals surface area contributed by atoms with Crippen molar-refractivity contribution in [1.82, 2.24) is 4.98 Å². The van der Waals surface area contributed by atoms with Crippen LogP contribution in [0.3, 0.4) is 0 Å². The summed E-state index contributed by atoms with van der Waals surface area (Å²) in [6, 6.07) is 3.65. The molecule has 0 saturated carbocycles. The Morgan fingerprint density at radius 2 is 2.33 bits per heavy atom. The lowest BCUT2D eigenvalue weighted by molar-refractivity contribution is 0.630. The zero-order valence-electron chi connectivity index (χ0n) is 8.57. The average molecular weight is 224 g/mol. The Morgan fingerprint density at radius 1 is 1.47 bits per heavy atom. The van der Waals surface area contributed by atoms with E-state index in [0.29, 0.717) is 11.5 Å². The molecule has 2 heterocycles. The van der Waals surface area contributed by atoms with Gasteiger partial charge in [0.2, 0.25) is 0 Å². The number of nitrogens with zero attached hydrogens (tertiary/aromatic N) is 1. The van der Waals surface area contributed by atoms with Crippen molar-refractivity contribution in [1.29, 1.82) is 0 Å². The Bertz CT molecular complexity index is 336. The predicted molar refractivity (Wildman–Crippen MR) is 67.0 cm³/mol. The summed E-state index contributed by atoms with van der Waals surface area (Å²) in [5.41, 5.74) is 11.8. The summed E-state index contributed by atoms with van der Waals surface area (Å²) < 4.78 is 0. The first-order valence-corrected chi connectivity index (χ1v) is 6.25. The standard InChI is InChI=1S/C10H16N4S/c11-8-1-2-9(14-10(8)12)13-5-7-3-4-15-6-7/h1-2,7H,3-6,11H2,(H3,12,13,14). The minimum Gasteiger partial charge on any atom is -0.396 e. The Labute approximate surface area is 93.8 Å². The monoisotopic (exact) mass is 224 g/mol. The lowest BCUT2D eigenvalue weighted by atomic mass is 10.1. The summed E-state index contributed by atoms with van der Waals surface area (Å²) in [5.74, 6) is 4.51. The van der Waals surface area contributed by atoms with Crippen molar-refractivity contribution in [3.63, 3.8) is 0 Å². The van der Waals surface area contributed by atoms with Gasteiger partial charge < -0.3 is 16.8 Å². The molecule has 2 rings (SSSR count). The fraction of sp³-hybridized carbons (Fsp3) is 0.500. The van der Waals surface area contributed by atoms with Gasteiger partial charge in [0.25, 0.3) is 0 Å². The highest BCUT2D eigenvalue weighted by Crippen LogP contribution is 2.23. The van der Waals surface area contributed by atoms with Crippen molar-refractivity contribution in [2.24, 2.45) is 5.92 Å². The second kappa shape index (κ2) is 4.61. The van der Waals surface area contributed by atoms with Crippen molar-refractivity contribution in [2.45, 2.75) is 6.42 Å². The van der Waals surface area contributed by atoms with Crippen molar-refractivity contribution in [2.75, 3.05) is 34.8 Å². The molecule has 0 radical (unpaired) electrons. The van der Waals surface area contributed by atoms with Gasteiger partial charge in [-0.3, -0.25) is 0 Å². The van der Waals surface area contributed by atoms with Gasteiger partial charge in [0, 0.05) is 6.54 Å². The Morgan fingerprint density at radius 3 is 3.00 bits per heavy atom. The second-order valence-electron chi connectivity index (χ2n) is 3.78. The Hall–Kier alpha value is -1.10. The quantitative estimate of drug-likeness (QED) is 0.723. The van der Waals surface area contributed by atoms with E-state index < -0.39 is 0 Å². The largest absolute Gasteiger partial charge is 0.396 e. The normalized spacial score (nSPS) is 20.4. The van der Waals surface area contributed by atoms with Gasteiger partial charge in [0.05, 0.1) is 5.69 Å². The third kappa shape index (κ3) is 2.68. The first kappa shape index (κ1) is 10.4. The number of pyridine rings is 1. The van der Waals surface area contributed by atoms with Gasteiger partial charge in [0.15, 0.2) is 0 Å². The van der Waals surface area contributed by atoms with Crippen LogP contribution in [0.1, 0.15) is 6.42 Å². The van der Waals surface area contributed by atoms with Crippen LogP contribution >= 0.6 is 11.8 Å². The molecule has 82 valence electrons. The average Bonchev–Trinajstić information content (AvgIpc) is 2.73. The fourth-order valence-electron chi connectivity index (χ4n) is 1.58. The summed E-state index contributed by atoms with van der Waals surface area (Å²) >= 11 is 2.02. The van der Waals surface area contributed by atoms with E-state index in [1.165, 1.54) is 17.9 Å². The number of hydrogen-bond acceptors (Lipinski definition) is 5. The predicted octanol–water partition coefficient (Wildman–Crippen LogP) is 1.41. The van der Waals surface area contributed by atoms with E-state index >= 15 is 0 Å². The van der Waals surface area contributed by atoms with Gasteiger partial charge in [-0.2, -0.15) is 11.8 Å². The highest BCUT2D eigenvalue weighted by molar-refractivity contribution is 7.99. The van der Waals surface area contributed by atoms with Crippen molar-refractivity contribution >= 4 is 29.1 Å². The maximum Gasteiger partial charge on any atom is 0.149 e. The maximum atomic E-state index is 5.62. The molecule has 4 nitrogen and oxygen atoms in total. The summed E-state index contributed by atoms with van der Waals surface area (Å²) in [6.07, 6.45) is 1.29. The SMILES string of the molecule is Nc1ccc(NCC2CCSC2)nc1N. The van der Waals surface area contributed by atoms with Crippen LogP contribution < -0.4 is 16.8 Å². The Balaban J connectivity index is 1.90. The van der Waals surface area contributed by atoms with Gasteiger partial charge in [-0.1, -0.05) is 0 Å². The highest BCUT2D eigenvalue weighted by atomic mass is 32.2. The zero-order valence-corrected chi connectivity index (χ0v) is 9.39.